The van der Waals surface area contributed by atoms with Crippen LogP contribution in [-0.4, -0.2) is 9.78 Å². The van der Waals surface area contributed by atoms with Crippen molar-refractivity contribution in [2.75, 3.05) is 5.73 Å². The molecule has 0 amide bonds. The summed E-state index contributed by atoms with van der Waals surface area (Å²) in [6, 6.07) is 4.57. The van der Waals surface area contributed by atoms with Crippen LogP contribution in [0.15, 0.2) is 22.7 Å². The Morgan fingerprint density at radius 1 is 1.35 bits per heavy atom. The minimum atomic E-state index is -0.274. The lowest BCUT2D eigenvalue weighted by molar-refractivity contribution is 0.624. The highest BCUT2D eigenvalue weighted by Crippen LogP contribution is 2.31. The normalized spacial score (nSPS) is 14.0. The molecule has 88 valence electrons. The van der Waals surface area contributed by atoms with Gasteiger partial charge in [-0.25, -0.2) is 9.07 Å². The lowest BCUT2D eigenvalue weighted by Crippen LogP contribution is -2.03. The monoisotopic (exact) mass is 295 g/mol. The van der Waals surface area contributed by atoms with Crippen molar-refractivity contribution in [3.8, 4) is 5.69 Å². The van der Waals surface area contributed by atoms with Crippen LogP contribution in [0.4, 0.5) is 10.2 Å². The van der Waals surface area contributed by atoms with Crippen LogP contribution in [0.1, 0.15) is 17.7 Å². The second kappa shape index (κ2) is 3.84. The van der Waals surface area contributed by atoms with Crippen LogP contribution in [-0.2, 0) is 12.8 Å². The fourth-order valence-electron chi connectivity index (χ4n) is 2.31. The van der Waals surface area contributed by atoms with Gasteiger partial charge in [-0.1, -0.05) is 0 Å². The highest BCUT2D eigenvalue weighted by Gasteiger charge is 2.22. The standard InChI is InChI=1S/C12H11BrFN3/c13-9-5-4-7(14)6-11(9)17-10-3-1-2-8(10)12(15)16-17/h4-6H,1-3H2,(H2,15,16). The molecule has 0 unspecified atom stereocenters. The van der Waals surface area contributed by atoms with Gasteiger partial charge in [-0.05, 0) is 47.3 Å². The molecule has 3 nitrogen and oxygen atoms in total. The summed E-state index contributed by atoms with van der Waals surface area (Å²) in [6.45, 7) is 0. The van der Waals surface area contributed by atoms with Crippen LogP contribution >= 0.6 is 15.9 Å². The van der Waals surface area contributed by atoms with Gasteiger partial charge >= 0.3 is 0 Å². The van der Waals surface area contributed by atoms with Crippen molar-refractivity contribution in [2.45, 2.75) is 19.3 Å². The SMILES string of the molecule is Nc1nn(-c2cc(F)ccc2Br)c2c1CCC2. The second-order valence-corrected chi connectivity index (χ2v) is 5.03. The summed E-state index contributed by atoms with van der Waals surface area (Å²) in [7, 11) is 0. The van der Waals surface area contributed by atoms with E-state index in [1.54, 1.807) is 10.7 Å². The summed E-state index contributed by atoms with van der Waals surface area (Å²) in [6.07, 6.45) is 3.00. The third-order valence-electron chi connectivity index (χ3n) is 3.10. The van der Waals surface area contributed by atoms with Gasteiger partial charge < -0.3 is 5.73 Å². The number of rotatable bonds is 1. The van der Waals surface area contributed by atoms with Crippen LogP contribution in [0.5, 0.6) is 0 Å². The van der Waals surface area contributed by atoms with E-state index in [0.29, 0.717) is 11.5 Å². The molecule has 3 rings (SSSR count). The van der Waals surface area contributed by atoms with Crippen molar-refractivity contribution in [1.29, 1.82) is 0 Å². The molecule has 0 atom stereocenters. The van der Waals surface area contributed by atoms with Crippen LogP contribution in [0.3, 0.4) is 0 Å². The average Bonchev–Trinajstić information content (AvgIpc) is 2.87. The van der Waals surface area contributed by atoms with Gasteiger partial charge in [0.1, 0.15) is 11.6 Å². The Morgan fingerprint density at radius 3 is 3.00 bits per heavy atom. The maximum atomic E-state index is 13.3. The number of aromatic nitrogens is 2. The Kier molecular flexibility index (Phi) is 2.43. The van der Waals surface area contributed by atoms with Crippen LogP contribution < -0.4 is 5.73 Å². The Hall–Kier alpha value is -1.36. The van der Waals surface area contributed by atoms with Crippen LogP contribution in [0.2, 0.25) is 0 Å². The molecule has 2 aromatic rings. The maximum Gasteiger partial charge on any atom is 0.149 e. The first kappa shape index (κ1) is 10.8. The fraction of sp³-hybridized carbons (Fsp3) is 0.250. The molecule has 0 radical (unpaired) electrons. The quantitative estimate of drug-likeness (QED) is 0.879. The number of nitrogen functional groups attached to an aromatic ring is 1. The minimum Gasteiger partial charge on any atom is -0.382 e. The van der Waals surface area contributed by atoms with E-state index in [9.17, 15) is 4.39 Å². The van der Waals surface area contributed by atoms with E-state index in [4.69, 9.17) is 5.73 Å². The second-order valence-electron chi connectivity index (χ2n) is 4.17. The number of halogens is 2. The maximum absolute atomic E-state index is 13.3. The number of nitrogens with zero attached hydrogens (tertiary/aromatic N) is 2. The third-order valence-corrected chi connectivity index (χ3v) is 3.77. The average molecular weight is 296 g/mol. The first-order chi connectivity index (χ1) is 8.16. The Morgan fingerprint density at radius 2 is 2.18 bits per heavy atom. The Bertz CT molecular complexity index is 592. The van der Waals surface area contributed by atoms with Crippen LogP contribution in [0.25, 0.3) is 5.69 Å². The van der Waals surface area contributed by atoms with Gasteiger partial charge in [0.15, 0.2) is 0 Å². The minimum absolute atomic E-state index is 0.274. The summed E-state index contributed by atoms with van der Waals surface area (Å²) in [5.41, 5.74) is 8.80. The van der Waals surface area contributed by atoms with Gasteiger partial charge in [0.25, 0.3) is 0 Å². The fourth-order valence-corrected chi connectivity index (χ4v) is 2.73. The van der Waals surface area contributed by atoms with E-state index in [1.165, 1.54) is 12.1 Å². The first-order valence-corrected chi connectivity index (χ1v) is 6.28. The predicted molar refractivity (Wildman–Crippen MR) is 67.7 cm³/mol. The highest BCUT2D eigenvalue weighted by atomic mass is 79.9. The molecule has 1 heterocycles. The molecular formula is C12H11BrFN3. The summed E-state index contributed by atoms with van der Waals surface area (Å²) in [4.78, 5) is 0. The number of nitrogens with two attached hydrogens (primary N) is 1. The lowest BCUT2D eigenvalue weighted by Gasteiger charge is -2.07. The van der Waals surface area contributed by atoms with Gasteiger partial charge in [-0.3, -0.25) is 0 Å². The van der Waals surface area contributed by atoms with Gasteiger partial charge in [-0.2, -0.15) is 5.10 Å². The molecule has 1 aromatic carbocycles. The van der Waals surface area contributed by atoms with Gasteiger partial charge in [0, 0.05) is 21.8 Å². The molecule has 1 aliphatic carbocycles. The molecule has 0 bridgehead atoms. The zero-order chi connectivity index (χ0) is 12.0. The molecule has 0 saturated carbocycles. The van der Waals surface area contributed by atoms with Crippen molar-refractivity contribution in [3.05, 3.63) is 39.7 Å². The summed E-state index contributed by atoms with van der Waals surface area (Å²) < 4.78 is 15.9. The van der Waals surface area contributed by atoms with E-state index in [2.05, 4.69) is 21.0 Å². The lowest BCUT2D eigenvalue weighted by atomic mass is 10.2. The topological polar surface area (TPSA) is 43.8 Å². The Balaban J connectivity index is 2.22. The van der Waals surface area contributed by atoms with Crippen molar-refractivity contribution < 1.29 is 4.39 Å². The largest absolute Gasteiger partial charge is 0.382 e. The van der Waals surface area contributed by atoms with E-state index >= 15 is 0 Å². The first-order valence-electron chi connectivity index (χ1n) is 5.48. The number of fused-ring (bicyclic) bond motifs is 1. The molecular weight excluding hydrogens is 285 g/mol. The molecule has 2 N–H and O–H groups in total. The summed E-state index contributed by atoms with van der Waals surface area (Å²) in [5.74, 6) is 0.290. The molecule has 5 heteroatoms. The van der Waals surface area contributed by atoms with E-state index in [-0.39, 0.29) is 5.82 Å². The van der Waals surface area contributed by atoms with E-state index in [0.717, 1.165) is 35.0 Å². The summed E-state index contributed by atoms with van der Waals surface area (Å²) in [5, 5.41) is 4.30. The molecule has 0 spiro atoms. The highest BCUT2D eigenvalue weighted by molar-refractivity contribution is 9.10. The van der Waals surface area contributed by atoms with Crippen molar-refractivity contribution in [3.63, 3.8) is 0 Å². The third kappa shape index (κ3) is 1.65. The molecule has 0 aliphatic heterocycles. The van der Waals surface area contributed by atoms with Crippen molar-refractivity contribution in [2.24, 2.45) is 0 Å². The number of hydrogen-bond acceptors (Lipinski definition) is 2. The predicted octanol–water partition coefficient (Wildman–Crippen LogP) is 2.84. The molecule has 17 heavy (non-hydrogen) atoms. The molecule has 0 saturated heterocycles. The smallest absolute Gasteiger partial charge is 0.149 e. The van der Waals surface area contributed by atoms with Gasteiger partial charge in [0.05, 0.1) is 5.69 Å². The molecule has 0 fully saturated rings. The molecule has 1 aromatic heterocycles. The van der Waals surface area contributed by atoms with E-state index < -0.39 is 0 Å². The van der Waals surface area contributed by atoms with E-state index in [1.807, 2.05) is 0 Å². The number of anilines is 1. The van der Waals surface area contributed by atoms with Crippen molar-refractivity contribution >= 4 is 21.7 Å². The zero-order valence-electron chi connectivity index (χ0n) is 9.08. The number of benzene rings is 1. The Labute approximate surface area is 107 Å². The van der Waals surface area contributed by atoms with Gasteiger partial charge in [-0.15, -0.1) is 0 Å². The number of hydrogen-bond donors (Lipinski definition) is 1. The molecule has 1 aliphatic rings. The summed E-state index contributed by atoms with van der Waals surface area (Å²) >= 11 is 3.42. The van der Waals surface area contributed by atoms with Gasteiger partial charge in [0.2, 0.25) is 0 Å². The zero-order valence-corrected chi connectivity index (χ0v) is 10.7. The van der Waals surface area contributed by atoms with Crippen LogP contribution in [0, 0.1) is 5.82 Å². The van der Waals surface area contributed by atoms with Crippen molar-refractivity contribution in [1.82, 2.24) is 9.78 Å².